The number of hydrogen-bond acceptors (Lipinski definition) is 6. The minimum absolute atomic E-state index is 0.0845. The molecule has 1 heterocycles. The molecule has 0 saturated carbocycles. The normalized spacial score (nSPS) is 12.1. The summed E-state index contributed by atoms with van der Waals surface area (Å²) >= 11 is 0. The number of esters is 1. The molecule has 3 aromatic carbocycles. The summed E-state index contributed by atoms with van der Waals surface area (Å²) in [7, 11) is -8.15. The lowest BCUT2D eigenvalue weighted by Gasteiger charge is -2.16. The summed E-state index contributed by atoms with van der Waals surface area (Å²) < 4.78 is 65.0. The van der Waals surface area contributed by atoms with Gasteiger partial charge in [-0.1, -0.05) is 55.2 Å². The van der Waals surface area contributed by atoms with E-state index >= 15 is 0 Å². The van der Waals surface area contributed by atoms with Gasteiger partial charge in [0.15, 0.2) is 0 Å². The highest BCUT2D eigenvalue weighted by Crippen LogP contribution is 2.35. The van der Waals surface area contributed by atoms with E-state index in [1.54, 1.807) is 46.8 Å². The number of carbonyl (C=O) groups excluding carboxylic acids is 1. The zero-order chi connectivity index (χ0) is 31.9. The third-order valence-electron chi connectivity index (χ3n) is 7.56. The molecule has 230 valence electrons. The maximum Gasteiger partial charge on any atom is 0.340 e. The Morgan fingerprint density at radius 1 is 0.767 bits per heavy atom. The maximum absolute atomic E-state index is 14.3. The molecule has 4 rings (SSSR count). The lowest BCUT2D eigenvalue weighted by atomic mass is 10.1. The highest BCUT2D eigenvalue weighted by atomic mass is 32.2. The fraction of sp³-hybridized carbons (Fsp3) is 0.364. The number of anilines is 1. The molecular formula is C33H40N2O6S2. The molecule has 0 unspecified atom stereocenters. The predicted octanol–water partition coefficient (Wildman–Crippen LogP) is 7.19. The lowest BCUT2D eigenvalue weighted by Crippen LogP contribution is -2.18. The molecule has 0 aliphatic heterocycles. The fourth-order valence-electron chi connectivity index (χ4n) is 6.07. The van der Waals surface area contributed by atoms with Crippen molar-refractivity contribution in [3.8, 4) is 0 Å². The summed E-state index contributed by atoms with van der Waals surface area (Å²) in [5, 5.41) is 0.279. The van der Waals surface area contributed by atoms with Crippen molar-refractivity contribution in [1.29, 1.82) is 0 Å². The molecule has 8 nitrogen and oxygen atoms in total. The number of hydrogen-bond donors (Lipinski definition) is 1. The van der Waals surface area contributed by atoms with Crippen LogP contribution in [-0.4, -0.2) is 33.4 Å². The van der Waals surface area contributed by atoms with E-state index in [1.807, 2.05) is 32.9 Å². The number of aryl methyl sites for hydroxylation is 6. The van der Waals surface area contributed by atoms with Gasteiger partial charge < -0.3 is 4.74 Å². The van der Waals surface area contributed by atoms with Crippen LogP contribution in [0, 0.1) is 48.5 Å². The molecule has 43 heavy (non-hydrogen) atoms. The molecule has 0 saturated heterocycles. The molecule has 4 aromatic rings. The molecule has 0 aliphatic carbocycles. The van der Waals surface area contributed by atoms with E-state index in [-0.39, 0.29) is 44.2 Å². The average molecular weight is 625 g/mol. The second-order valence-corrected chi connectivity index (χ2v) is 14.7. The molecule has 0 spiro atoms. The van der Waals surface area contributed by atoms with Gasteiger partial charge in [-0.2, -0.15) is 0 Å². The Morgan fingerprint density at radius 3 is 1.84 bits per heavy atom. The number of fused-ring (bicyclic) bond motifs is 1. The van der Waals surface area contributed by atoms with E-state index in [0.29, 0.717) is 28.7 Å². The molecule has 0 aliphatic rings. The van der Waals surface area contributed by atoms with Crippen molar-refractivity contribution in [2.45, 2.75) is 84.4 Å². The van der Waals surface area contributed by atoms with Crippen LogP contribution in [0.1, 0.15) is 75.6 Å². The van der Waals surface area contributed by atoms with Crippen LogP contribution in [0.15, 0.2) is 52.3 Å². The minimum Gasteiger partial charge on any atom is -0.462 e. The van der Waals surface area contributed by atoms with Gasteiger partial charge in [0, 0.05) is 16.8 Å². The number of aromatic nitrogens is 1. The van der Waals surface area contributed by atoms with Crippen molar-refractivity contribution in [2.24, 2.45) is 0 Å². The van der Waals surface area contributed by atoms with Crippen LogP contribution in [0.2, 0.25) is 0 Å². The maximum atomic E-state index is 14.3. The van der Waals surface area contributed by atoms with Crippen molar-refractivity contribution < 1.29 is 26.4 Å². The molecule has 10 heteroatoms. The van der Waals surface area contributed by atoms with Crippen molar-refractivity contribution in [3.63, 3.8) is 0 Å². The third-order valence-corrected chi connectivity index (χ3v) is 11.4. The molecule has 0 radical (unpaired) electrons. The fourth-order valence-corrected chi connectivity index (χ4v) is 9.56. The number of carbonyl (C=O) groups is 1. The SMILES string of the molecule is CCCCCOC(=O)c1c(C)n(S(=O)(=O)c2c(C)cc(C)cc2C)c2ccc(NS(=O)(=O)c3c(C)cc(C)cc3C)cc12. The number of nitrogens with one attached hydrogen (secondary N) is 1. The number of unbranched alkanes of at least 4 members (excludes halogenated alkanes) is 2. The van der Waals surface area contributed by atoms with Crippen LogP contribution in [-0.2, 0) is 24.8 Å². The van der Waals surface area contributed by atoms with Crippen molar-refractivity contribution in [2.75, 3.05) is 11.3 Å². The molecule has 0 atom stereocenters. The van der Waals surface area contributed by atoms with Gasteiger partial charge in [0.25, 0.3) is 20.0 Å². The average Bonchev–Trinajstić information content (AvgIpc) is 3.16. The van der Waals surface area contributed by atoms with Gasteiger partial charge in [0.05, 0.1) is 27.5 Å². The minimum atomic E-state index is -4.15. The van der Waals surface area contributed by atoms with Crippen LogP contribution in [0.3, 0.4) is 0 Å². The Bertz CT molecular complexity index is 1910. The first-order chi connectivity index (χ1) is 20.1. The molecule has 0 fully saturated rings. The summed E-state index contributed by atoms with van der Waals surface area (Å²) in [5.41, 5.74) is 5.03. The second kappa shape index (κ2) is 12.2. The van der Waals surface area contributed by atoms with Crippen molar-refractivity contribution in [1.82, 2.24) is 3.97 Å². The highest BCUT2D eigenvalue weighted by Gasteiger charge is 2.31. The summed E-state index contributed by atoms with van der Waals surface area (Å²) in [6.07, 6.45) is 2.52. The van der Waals surface area contributed by atoms with Gasteiger partial charge in [0.2, 0.25) is 0 Å². The molecule has 1 N–H and O–H groups in total. The van der Waals surface area contributed by atoms with Crippen LogP contribution < -0.4 is 4.72 Å². The van der Waals surface area contributed by atoms with E-state index in [4.69, 9.17) is 4.74 Å². The van der Waals surface area contributed by atoms with E-state index in [0.717, 1.165) is 24.0 Å². The van der Waals surface area contributed by atoms with Gasteiger partial charge in [-0.3, -0.25) is 4.72 Å². The molecule has 0 amide bonds. The summed E-state index contributed by atoms with van der Waals surface area (Å²) in [4.78, 5) is 13.8. The Hall–Kier alpha value is -3.63. The van der Waals surface area contributed by atoms with Gasteiger partial charge in [-0.15, -0.1) is 0 Å². The number of nitrogens with zero attached hydrogens (tertiary/aromatic N) is 1. The lowest BCUT2D eigenvalue weighted by molar-refractivity contribution is 0.0499. The van der Waals surface area contributed by atoms with Crippen molar-refractivity contribution >= 4 is 42.6 Å². The van der Waals surface area contributed by atoms with E-state index < -0.39 is 26.0 Å². The second-order valence-electron chi connectivity index (χ2n) is 11.4. The first-order valence-corrected chi connectivity index (χ1v) is 17.3. The predicted molar refractivity (Wildman–Crippen MR) is 171 cm³/mol. The number of sulfonamides is 1. The topological polar surface area (TPSA) is 112 Å². The standard InChI is InChI=1S/C33H40N2O6S2/c1-9-10-11-14-41-33(36)30-26(8)35(43(39,40)32-24(6)17-21(3)18-25(32)7)29-13-12-27(19-28(29)30)34-42(37,38)31-22(4)15-20(2)16-23(31)5/h12-13,15-19,34H,9-11,14H2,1-8H3. The van der Waals surface area contributed by atoms with E-state index in [1.165, 1.54) is 22.2 Å². The Labute approximate surface area is 255 Å². The molecule has 1 aromatic heterocycles. The molecule has 0 bridgehead atoms. The largest absolute Gasteiger partial charge is 0.462 e. The Morgan fingerprint density at radius 2 is 1.30 bits per heavy atom. The first kappa shape index (κ1) is 32.3. The van der Waals surface area contributed by atoms with E-state index in [9.17, 15) is 21.6 Å². The van der Waals surface area contributed by atoms with Crippen LogP contribution in [0.4, 0.5) is 5.69 Å². The zero-order valence-corrected chi connectivity index (χ0v) is 27.7. The smallest absolute Gasteiger partial charge is 0.340 e. The van der Waals surface area contributed by atoms with E-state index in [2.05, 4.69) is 4.72 Å². The third kappa shape index (κ3) is 6.21. The number of benzene rings is 3. The number of rotatable bonds is 10. The first-order valence-electron chi connectivity index (χ1n) is 14.4. The van der Waals surface area contributed by atoms with Gasteiger partial charge in [0.1, 0.15) is 0 Å². The number of ether oxygens (including phenoxy) is 1. The summed E-state index contributed by atoms with van der Waals surface area (Å²) in [6, 6.07) is 11.8. The Balaban J connectivity index is 1.91. The summed E-state index contributed by atoms with van der Waals surface area (Å²) in [6.45, 7) is 14.6. The zero-order valence-electron chi connectivity index (χ0n) is 26.1. The Kier molecular flexibility index (Phi) is 9.13. The molecular weight excluding hydrogens is 585 g/mol. The van der Waals surface area contributed by atoms with Crippen molar-refractivity contribution in [3.05, 3.63) is 87.1 Å². The quantitative estimate of drug-likeness (QED) is 0.148. The highest BCUT2D eigenvalue weighted by molar-refractivity contribution is 7.92. The van der Waals surface area contributed by atoms with Crippen LogP contribution in [0.5, 0.6) is 0 Å². The van der Waals surface area contributed by atoms with Crippen LogP contribution in [0.25, 0.3) is 10.9 Å². The van der Waals surface area contributed by atoms with Crippen LogP contribution >= 0.6 is 0 Å². The summed E-state index contributed by atoms with van der Waals surface area (Å²) in [5.74, 6) is -0.657. The van der Waals surface area contributed by atoms with Gasteiger partial charge >= 0.3 is 5.97 Å². The monoisotopic (exact) mass is 624 g/mol. The van der Waals surface area contributed by atoms with Gasteiger partial charge in [-0.25, -0.2) is 25.6 Å². The van der Waals surface area contributed by atoms with Gasteiger partial charge in [-0.05, 0) is 95.3 Å².